The van der Waals surface area contributed by atoms with Crippen LogP contribution in [0.15, 0.2) is 9.64 Å². The summed E-state index contributed by atoms with van der Waals surface area (Å²) in [6, 6.07) is 0. The monoisotopic (exact) mass is 337 g/mol. The Bertz CT molecular complexity index is 520. The second kappa shape index (κ2) is 7.69. The summed E-state index contributed by atoms with van der Waals surface area (Å²) in [5.41, 5.74) is 0. The molecule has 1 aromatic heterocycles. The Labute approximate surface area is 142 Å². The molecule has 1 aliphatic heterocycles. The maximum atomic E-state index is 12.5. The van der Waals surface area contributed by atoms with Gasteiger partial charge in [0.1, 0.15) is 0 Å². The number of likely N-dealkylation sites (tertiary alicyclic amines) is 1. The van der Waals surface area contributed by atoms with Gasteiger partial charge in [-0.25, -0.2) is 0 Å². The van der Waals surface area contributed by atoms with Gasteiger partial charge in [-0.15, -0.1) is 10.2 Å². The van der Waals surface area contributed by atoms with Gasteiger partial charge in [-0.2, -0.15) is 0 Å². The minimum atomic E-state index is -0.164. The molecule has 1 saturated heterocycles. The molecule has 2 aliphatic rings. The molecule has 0 spiro atoms. The van der Waals surface area contributed by atoms with Crippen LogP contribution in [-0.4, -0.2) is 39.3 Å². The lowest BCUT2D eigenvalue weighted by molar-refractivity contribution is -0.131. The van der Waals surface area contributed by atoms with Crippen LogP contribution >= 0.6 is 11.8 Å². The number of aromatic nitrogens is 2. The average Bonchev–Trinajstić information content (AvgIpc) is 3.04. The van der Waals surface area contributed by atoms with E-state index in [1.165, 1.54) is 31.0 Å². The van der Waals surface area contributed by atoms with Crippen LogP contribution in [0.1, 0.15) is 70.6 Å². The van der Waals surface area contributed by atoms with Crippen molar-refractivity contribution in [2.24, 2.45) is 5.92 Å². The normalized spacial score (nSPS) is 22.3. The first-order chi connectivity index (χ1) is 11.1. The van der Waals surface area contributed by atoms with Crippen molar-refractivity contribution in [3.05, 3.63) is 5.89 Å². The Hall–Kier alpha value is -1.04. The highest BCUT2D eigenvalue weighted by atomic mass is 32.2. The first-order valence-corrected chi connectivity index (χ1v) is 9.80. The lowest BCUT2D eigenvalue weighted by atomic mass is 9.89. The highest BCUT2D eigenvalue weighted by Gasteiger charge is 2.27. The van der Waals surface area contributed by atoms with Crippen molar-refractivity contribution in [2.45, 2.75) is 75.2 Å². The van der Waals surface area contributed by atoms with Gasteiger partial charge in [-0.05, 0) is 38.5 Å². The van der Waals surface area contributed by atoms with Crippen LogP contribution in [-0.2, 0) is 4.79 Å². The zero-order valence-corrected chi connectivity index (χ0v) is 15.0. The summed E-state index contributed by atoms with van der Waals surface area (Å²) < 4.78 is 5.82. The van der Waals surface area contributed by atoms with Crippen molar-refractivity contribution in [1.29, 1.82) is 0 Å². The number of carbonyl (C=O) groups is 1. The van der Waals surface area contributed by atoms with E-state index in [0.29, 0.717) is 11.1 Å². The van der Waals surface area contributed by atoms with Gasteiger partial charge in [0.05, 0.1) is 5.25 Å². The third kappa shape index (κ3) is 4.28. The molecule has 5 nitrogen and oxygen atoms in total. The average molecular weight is 337 g/mol. The molecular weight excluding hydrogens is 310 g/mol. The second-order valence-corrected chi connectivity index (χ2v) is 8.30. The van der Waals surface area contributed by atoms with Crippen LogP contribution in [0.2, 0.25) is 0 Å². The van der Waals surface area contributed by atoms with E-state index in [2.05, 4.69) is 17.1 Å². The molecule has 1 saturated carbocycles. The third-order valence-corrected chi connectivity index (χ3v) is 6.02. The Kier molecular flexibility index (Phi) is 5.62. The first kappa shape index (κ1) is 16.8. The zero-order valence-electron chi connectivity index (χ0n) is 14.2. The molecule has 128 valence electrons. The molecule has 0 aromatic carbocycles. The van der Waals surface area contributed by atoms with Crippen LogP contribution in [0, 0.1) is 5.92 Å². The first-order valence-electron chi connectivity index (χ1n) is 8.92. The van der Waals surface area contributed by atoms with E-state index in [9.17, 15) is 4.79 Å². The Balaban J connectivity index is 1.54. The minimum Gasteiger partial charge on any atom is -0.416 e. The smallest absolute Gasteiger partial charge is 0.277 e. The summed E-state index contributed by atoms with van der Waals surface area (Å²) in [6.07, 6.45) is 8.31. The molecular formula is C17H27N3O2S. The van der Waals surface area contributed by atoms with Crippen molar-refractivity contribution in [3.63, 3.8) is 0 Å². The molecule has 2 heterocycles. The molecule has 1 aromatic rings. The van der Waals surface area contributed by atoms with Gasteiger partial charge in [0.15, 0.2) is 0 Å². The van der Waals surface area contributed by atoms with Gasteiger partial charge in [0.2, 0.25) is 11.8 Å². The van der Waals surface area contributed by atoms with Gasteiger partial charge < -0.3 is 9.32 Å². The van der Waals surface area contributed by atoms with Crippen LogP contribution < -0.4 is 0 Å². The topological polar surface area (TPSA) is 59.2 Å². The Morgan fingerprint density at radius 1 is 1.17 bits per heavy atom. The van der Waals surface area contributed by atoms with Gasteiger partial charge in [-0.1, -0.05) is 37.9 Å². The highest BCUT2D eigenvalue weighted by Crippen LogP contribution is 2.34. The van der Waals surface area contributed by atoms with Gasteiger partial charge in [0.25, 0.3) is 5.22 Å². The van der Waals surface area contributed by atoms with Crippen molar-refractivity contribution in [1.82, 2.24) is 15.1 Å². The minimum absolute atomic E-state index is 0.164. The maximum Gasteiger partial charge on any atom is 0.277 e. The molecule has 6 heteroatoms. The summed E-state index contributed by atoms with van der Waals surface area (Å²) >= 11 is 1.40. The molecule has 2 fully saturated rings. The fourth-order valence-electron chi connectivity index (χ4n) is 3.47. The SMILES string of the molecule is CC1CCN(C(=O)C(C)Sc2nnc(C3CCCCC3)o2)CC1. The lowest BCUT2D eigenvalue weighted by Gasteiger charge is -2.31. The van der Waals surface area contributed by atoms with E-state index in [0.717, 1.165) is 50.6 Å². The molecule has 1 unspecified atom stereocenters. The summed E-state index contributed by atoms with van der Waals surface area (Å²) in [5.74, 6) is 2.11. The largest absolute Gasteiger partial charge is 0.416 e. The number of hydrogen-bond acceptors (Lipinski definition) is 5. The molecule has 0 radical (unpaired) electrons. The van der Waals surface area contributed by atoms with Crippen LogP contribution in [0.25, 0.3) is 0 Å². The van der Waals surface area contributed by atoms with Gasteiger partial charge >= 0.3 is 0 Å². The lowest BCUT2D eigenvalue weighted by Crippen LogP contribution is -2.41. The molecule has 1 atom stereocenters. The quantitative estimate of drug-likeness (QED) is 0.781. The number of amides is 1. The standard InChI is InChI=1S/C17H27N3O2S/c1-12-8-10-20(11-9-12)16(21)13(2)23-17-19-18-15(22-17)14-6-4-3-5-7-14/h12-14H,3-11H2,1-2H3. The molecule has 3 rings (SSSR count). The molecule has 23 heavy (non-hydrogen) atoms. The van der Waals surface area contributed by atoms with Crippen LogP contribution in [0.5, 0.6) is 0 Å². The van der Waals surface area contributed by atoms with E-state index in [1.807, 2.05) is 11.8 Å². The number of nitrogens with zero attached hydrogens (tertiary/aromatic N) is 3. The highest BCUT2D eigenvalue weighted by molar-refractivity contribution is 8.00. The summed E-state index contributed by atoms with van der Waals surface area (Å²) in [6.45, 7) is 5.95. The summed E-state index contributed by atoms with van der Waals surface area (Å²) in [5, 5.41) is 8.73. The number of thioether (sulfide) groups is 1. The van der Waals surface area contributed by atoms with E-state index >= 15 is 0 Å². The fourth-order valence-corrected chi connectivity index (χ4v) is 4.24. The van der Waals surface area contributed by atoms with E-state index < -0.39 is 0 Å². The van der Waals surface area contributed by atoms with Gasteiger partial charge in [0, 0.05) is 19.0 Å². The Morgan fingerprint density at radius 3 is 2.57 bits per heavy atom. The van der Waals surface area contributed by atoms with E-state index in [1.54, 1.807) is 0 Å². The number of hydrogen-bond donors (Lipinski definition) is 0. The van der Waals surface area contributed by atoms with Gasteiger partial charge in [-0.3, -0.25) is 4.79 Å². The summed E-state index contributed by atoms with van der Waals surface area (Å²) in [7, 11) is 0. The van der Waals surface area contributed by atoms with Crippen molar-refractivity contribution in [2.75, 3.05) is 13.1 Å². The molecule has 1 aliphatic carbocycles. The molecule has 1 amide bonds. The zero-order chi connectivity index (χ0) is 16.2. The Morgan fingerprint density at radius 2 is 1.87 bits per heavy atom. The van der Waals surface area contributed by atoms with Crippen molar-refractivity contribution >= 4 is 17.7 Å². The summed E-state index contributed by atoms with van der Waals surface area (Å²) in [4.78, 5) is 14.5. The fraction of sp³-hybridized carbons (Fsp3) is 0.824. The van der Waals surface area contributed by atoms with E-state index in [-0.39, 0.29) is 11.2 Å². The van der Waals surface area contributed by atoms with Crippen molar-refractivity contribution < 1.29 is 9.21 Å². The van der Waals surface area contributed by atoms with Crippen LogP contribution in [0.3, 0.4) is 0 Å². The number of rotatable bonds is 4. The van der Waals surface area contributed by atoms with E-state index in [4.69, 9.17) is 4.42 Å². The molecule has 0 N–H and O–H groups in total. The predicted molar refractivity (Wildman–Crippen MR) is 90.4 cm³/mol. The number of carbonyl (C=O) groups excluding carboxylic acids is 1. The van der Waals surface area contributed by atoms with Crippen LogP contribution in [0.4, 0.5) is 0 Å². The predicted octanol–water partition coefficient (Wildman–Crippen LogP) is 3.86. The molecule has 0 bridgehead atoms. The third-order valence-electron chi connectivity index (χ3n) is 5.10. The second-order valence-electron chi connectivity index (χ2n) is 7.01. The maximum absolute atomic E-state index is 12.5. The number of piperidine rings is 1. The van der Waals surface area contributed by atoms with Crippen molar-refractivity contribution in [3.8, 4) is 0 Å².